The second-order valence-corrected chi connectivity index (χ2v) is 2.93. The van der Waals surface area contributed by atoms with Gasteiger partial charge in [0.05, 0.1) is 0 Å². The van der Waals surface area contributed by atoms with E-state index in [1.807, 2.05) is 0 Å². The number of carbonyl (C=O) groups excluding carboxylic acids is 1. The molecule has 7 heteroatoms. The smallest absolute Gasteiger partial charge is 0.332 e. The quantitative estimate of drug-likeness (QED) is 0.236. The van der Waals surface area contributed by atoms with Gasteiger partial charge in [0, 0.05) is 6.54 Å². The number of nitrogens with one attached hydrogen (secondary N) is 2. The first-order valence-corrected chi connectivity index (χ1v) is 4.62. The van der Waals surface area contributed by atoms with Gasteiger partial charge in [-0.25, -0.2) is 4.79 Å². The van der Waals surface area contributed by atoms with Gasteiger partial charge in [0.15, 0.2) is 29.0 Å². The molecule has 0 spiro atoms. The number of guanidine groups is 1. The molecule has 0 bridgehead atoms. The Morgan fingerprint density at radius 3 is 2.77 bits per heavy atom. The van der Waals surface area contributed by atoms with Crippen LogP contribution in [0.3, 0.4) is 0 Å². The fourth-order valence-corrected chi connectivity index (χ4v) is 1.05. The van der Waals surface area contributed by atoms with Crippen LogP contribution in [-0.4, -0.2) is 24.5 Å². The molecule has 0 aromatic rings. The first-order valence-electron chi connectivity index (χ1n) is 3.74. The standard InChI is InChI=1S/C6H13IN4O2/c7-13-5(12)4(8)2-1-3-11-6(9)10/h4H,1-3,8H2,(H4,9,10,11)/t4-/m0/s1. The van der Waals surface area contributed by atoms with Crippen LogP contribution in [0.2, 0.25) is 0 Å². The minimum atomic E-state index is -0.592. The summed E-state index contributed by atoms with van der Waals surface area (Å²) < 4.78 is 4.41. The Morgan fingerprint density at radius 1 is 1.69 bits per heavy atom. The van der Waals surface area contributed by atoms with Crippen molar-refractivity contribution in [1.29, 1.82) is 5.41 Å². The van der Waals surface area contributed by atoms with Gasteiger partial charge < -0.3 is 19.9 Å². The average molecular weight is 300 g/mol. The van der Waals surface area contributed by atoms with Gasteiger partial charge in [-0.3, -0.25) is 5.41 Å². The van der Waals surface area contributed by atoms with Gasteiger partial charge in [-0.1, -0.05) is 0 Å². The van der Waals surface area contributed by atoms with Crippen LogP contribution in [0.4, 0.5) is 0 Å². The Balaban J connectivity index is 3.42. The lowest BCUT2D eigenvalue weighted by molar-refractivity contribution is -0.132. The molecule has 0 aromatic carbocycles. The first-order chi connectivity index (χ1) is 6.07. The van der Waals surface area contributed by atoms with E-state index >= 15 is 0 Å². The van der Waals surface area contributed by atoms with E-state index in [-0.39, 0.29) is 5.96 Å². The highest BCUT2D eigenvalue weighted by Crippen LogP contribution is 1.98. The third-order valence-corrected chi connectivity index (χ3v) is 1.82. The van der Waals surface area contributed by atoms with E-state index in [1.165, 1.54) is 23.0 Å². The number of nitrogens with two attached hydrogens (primary N) is 2. The summed E-state index contributed by atoms with van der Waals surface area (Å²) in [5.74, 6) is -0.506. The zero-order valence-electron chi connectivity index (χ0n) is 7.05. The maximum Gasteiger partial charge on any atom is 0.332 e. The van der Waals surface area contributed by atoms with Gasteiger partial charge in [-0.15, -0.1) is 0 Å². The lowest BCUT2D eigenvalue weighted by atomic mass is 10.2. The molecule has 0 unspecified atom stereocenters. The van der Waals surface area contributed by atoms with Crippen LogP contribution < -0.4 is 16.8 Å². The third-order valence-electron chi connectivity index (χ3n) is 1.39. The van der Waals surface area contributed by atoms with Crippen molar-refractivity contribution in [2.75, 3.05) is 6.54 Å². The maximum atomic E-state index is 10.8. The molecular formula is C6H13IN4O2. The molecule has 0 saturated carbocycles. The summed E-state index contributed by atoms with van der Waals surface area (Å²) >= 11 is 1.50. The highest BCUT2D eigenvalue weighted by atomic mass is 127. The van der Waals surface area contributed by atoms with Gasteiger partial charge in [-0.2, -0.15) is 0 Å². The number of hydrogen-bond acceptors (Lipinski definition) is 4. The number of hydrogen-bond donors (Lipinski definition) is 4. The predicted molar refractivity (Wildman–Crippen MR) is 57.2 cm³/mol. The van der Waals surface area contributed by atoms with Crippen molar-refractivity contribution in [1.82, 2.24) is 5.32 Å². The molecule has 13 heavy (non-hydrogen) atoms. The molecule has 0 saturated heterocycles. The van der Waals surface area contributed by atoms with E-state index in [9.17, 15) is 4.79 Å². The van der Waals surface area contributed by atoms with Crippen LogP contribution in [0, 0.1) is 5.41 Å². The minimum Gasteiger partial charge on any atom is -0.393 e. The topological polar surface area (TPSA) is 114 Å². The molecule has 0 aromatic heterocycles. The SMILES string of the molecule is N=C(N)NCCC[C@H](N)C(=O)OI. The number of rotatable bonds is 5. The largest absolute Gasteiger partial charge is 0.393 e. The molecule has 6 nitrogen and oxygen atoms in total. The molecule has 6 N–H and O–H groups in total. The van der Waals surface area contributed by atoms with Crippen molar-refractivity contribution >= 4 is 34.9 Å². The first kappa shape index (κ1) is 12.4. The van der Waals surface area contributed by atoms with E-state index < -0.39 is 12.0 Å². The molecule has 0 radical (unpaired) electrons. The van der Waals surface area contributed by atoms with Gasteiger partial charge in [0.2, 0.25) is 0 Å². The minimum absolute atomic E-state index is 0.0787. The van der Waals surface area contributed by atoms with E-state index in [0.717, 1.165) is 0 Å². The fraction of sp³-hybridized carbons (Fsp3) is 0.667. The lowest BCUT2D eigenvalue weighted by Crippen LogP contribution is -2.34. The highest BCUT2D eigenvalue weighted by Gasteiger charge is 2.13. The Kier molecular flexibility index (Phi) is 6.59. The van der Waals surface area contributed by atoms with Crippen LogP contribution >= 0.6 is 23.0 Å². The van der Waals surface area contributed by atoms with Crippen LogP contribution in [0.15, 0.2) is 0 Å². The molecular weight excluding hydrogens is 287 g/mol. The molecule has 0 fully saturated rings. The number of carbonyl (C=O) groups is 1. The van der Waals surface area contributed by atoms with Gasteiger partial charge in [0.1, 0.15) is 6.04 Å². The molecule has 0 aliphatic heterocycles. The van der Waals surface area contributed by atoms with E-state index in [2.05, 4.69) is 8.38 Å². The van der Waals surface area contributed by atoms with Crippen molar-refractivity contribution in [3.05, 3.63) is 0 Å². The average Bonchev–Trinajstić information content (AvgIpc) is 2.10. The Morgan fingerprint density at radius 2 is 2.31 bits per heavy atom. The molecule has 0 heterocycles. The van der Waals surface area contributed by atoms with Crippen molar-refractivity contribution in [3.8, 4) is 0 Å². The number of halogens is 1. The molecule has 0 aliphatic carbocycles. The second-order valence-electron chi connectivity index (χ2n) is 2.49. The van der Waals surface area contributed by atoms with Crippen molar-refractivity contribution in [2.45, 2.75) is 18.9 Å². The van der Waals surface area contributed by atoms with E-state index in [4.69, 9.17) is 16.9 Å². The van der Waals surface area contributed by atoms with Crippen molar-refractivity contribution in [2.24, 2.45) is 11.5 Å². The van der Waals surface area contributed by atoms with Gasteiger partial charge in [0.25, 0.3) is 0 Å². The predicted octanol–water partition coefficient (Wildman–Crippen LogP) is -0.530. The van der Waals surface area contributed by atoms with Crippen molar-refractivity contribution < 1.29 is 7.86 Å². The highest BCUT2D eigenvalue weighted by molar-refractivity contribution is 14.1. The molecule has 0 aliphatic rings. The van der Waals surface area contributed by atoms with E-state index in [0.29, 0.717) is 19.4 Å². The third kappa shape index (κ3) is 6.58. The monoisotopic (exact) mass is 300 g/mol. The van der Waals surface area contributed by atoms with Gasteiger partial charge in [-0.05, 0) is 12.8 Å². The van der Waals surface area contributed by atoms with Gasteiger partial charge >= 0.3 is 5.97 Å². The maximum absolute atomic E-state index is 10.8. The summed E-state index contributed by atoms with van der Waals surface area (Å²) in [4.78, 5) is 10.8. The van der Waals surface area contributed by atoms with E-state index in [1.54, 1.807) is 0 Å². The Hall–Kier alpha value is -0.570. The van der Waals surface area contributed by atoms with Crippen molar-refractivity contribution in [3.63, 3.8) is 0 Å². The molecule has 0 amide bonds. The summed E-state index contributed by atoms with van der Waals surface area (Å²) in [6.07, 6.45) is 1.19. The molecule has 0 rings (SSSR count). The summed E-state index contributed by atoms with van der Waals surface area (Å²) in [6.45, 7) is 0.539. The zero-order chi connectivity index (χ0) is 10.3. The fourth-order valence-electron chi connectivity index (χ4n) is 0.720. The second kappa shape index (κ2) is 6.89. The summed E-state index contributed by atoms with van der Waals surface area (Å²) in [6, 6.07) is -0.592. The van der Waals surface area contributed by atoms with Crippen LogP contribution in [-0.2, 0) is 7.86 Å². The Labute approximate surface area is 90.6 Å². The molecule has 1 atom stereocenters. The van der Waals surface area contributed by atoms with Crippen LogP contribution in [0.25, 0.3) is 0 Å². The normalized spacial score (nSPS) is 11.8. The zero-order valence-corrected chi connectivity index (χ0v) is 9.21. The Bertz CT molecular complexity index is 187. The lowest BCUT2D eigenvalue weighted by Gasteiger charge is -2.07. The van der Waals surface area contributed by atoms with Crippen LogP contribution in [0.5, 0.6) is 0 Å². The summed E-state index contributed by atoms with van der Waals surface area (Å²) in [5, 5.41) is 9.45. The summed E-state index contributed by atoms with van der Waals surface area (Å²) in [7, 11) is 0. The summed E-state index contributed by atoms with van der Waals surface area (Å²) in [5.41, 5.74) is 10.5. The van der Waals surface area contributed by atoms with Crippen LogP contribution in [0.1, 0.15) is 12.8 Å². The molecule has 76 valence electrons.